The van der Waals surface area contributed by atoms with Gasteiger partial charge in [-0.1, -0.05) is 11.6 Å². The van der Waals surface area contributed by atoms with E-state index in [0.29, 0.717) is 0 Å². The molecule has 1 aromatic carbocycles. The van der Waals surface area contributed by atoms with Crippen LogP contribution in [0.3, 0.4) is 0 Å². The molecule has 80 valence electrons. The zero-order chi connectivity index (χ0) is 11.4. The van der Waals surface area contributed by atoms with Crippen molar-refractivity contribution in [3.63, 3.8) is 0 Å². The molecule has 0 heterocycles. The Labute approximate surface area is 89.4 Å². The largest absolute Gasteiger partial charge is 0.350 e. The molecule has 0 saturated carbocycles. The Bertz CT molecular complexity index is 411. The van der Waals surface area contributed by atoms with Crippen molar-refractivity contribution in [3.05, 3.63) is 34.6 Å². The van der Waals surface area contributed by atoms with Crippen LogP contribution in [0, 0.1) is 5.82 Å². The Morgan fingerprint density at radius 2 is 2.00 bits per heavy atom. The van der Waals surface area contributed by atoms with E-state index in [1.807, 2.05) is 10.9 Å². The summed E-state index contributed by atoms with van der Waals surface area (Å²) >= 11 is 5.42. The van der Waals surface area contributed by atoms with E-state index in [-0.39, 0.29) is 10.6 Å². The average Bonchev–Trinajstić information content (AvgIpc) is 2.18. The van der Waals surface area contributed by atoms with Crippen LogP contribution < -0.4 is 16.6 Å². The van der Waals surface area contributed by atoms with Gasteiger partial charge in [0.2, 0.25) is 0 Å². The number of rotatable bonds is 1. The van der Waals surface area contributed by atoms with Crippen molar-refractivity contribution in [1.82, 2.24) is 10.9 Å². The van der Waals surface area contributed by atoms with Crippen LogP contribution in [0.1, 0.15) is 10.4 Å². The molecule has 0 saturated heterocycles. The minimum Gasteiger partial charge on any atom is -0.350 e. The van der Waals surface area contributed by atoms with Crippen molar-refractivity contribution in [2.45, 2.75) is 0 Å². The van der Waals surface area contributed by atoms with Crippen LogP contribution in [0.15, 0.2) is 18.2 Å². The Hall–Kier alpha value is -1.82. The Balaban J connectivity index is 2.74. The summed E-state index contributed by atoms with van der Waals surface area (Å²) in [6, 6.07) is 2.57. The lowest BCUT2D eigenvalue weighted by atomic mass is 10.2. The number of hydrogen-bond acceptors (Lipinski definition) is 2. The third kappa shape index (κ3) is 3.10. The van der Waals surface area contributed by atoms with E-state index < -0.39 is 17.8 Å². The molecule has 4 N–H and O–H groups in total. The molecule has 0 aromatic heterocycles. The molecule has 0 aliphatic carbocycles. The molecule has 0 radical (unpaired) electrons. The molecule has 0 unspecified atom stereocenters. The monoisotopic (exact) mass is 231 g/mol. The number of benzene rings is 1. The predicted octanol–water partition coefficient (Wildman–Crippen LogP) is 0.792. The molecule has 0 aliphatic heterocycles. The van der Waals surface area contributed by atoms with Gasteiger partial charge in [0.05, 0.1) is 5.02 Å². The zero-order valence-electron chi connectivity index (χ0n) is 7.38. The smallest absolute Gasteiger partial charge is 0.330 e. The van der Waals surface area contributed by atoms with Gasteiger partial charge in [-0.15, -0.1) is 0 Å². The van der Waals surface area contributed by atoms with Gasteiger partial charge < -0.3 is 5.73 Å². The quantitative estimate of drug-likeness (QED) is 0.625. The van der Waals surface area contributed by atoms with Gasteiger partial charge in [0.25, 0.3) is 5.91 Å². The van der Waals surface area contributed by atoms with Gasteiger partial charge in [0.1, 0.15) is 5.82 Å². The number of primary amides is 1. The van der Waals surface area contributed by atoms with Crippen LogP contribution in [-0.2, 0) is 0 Å². The van der Waals surface area contributed by atoms with Gasteiger partial charge >= 0.3 is 6.03 Å². The minimum atomic E-state index is -0.919. The first-order chi connectivity index (χ1) is 7.00. The number of nitrogens with two attached hydrogens (primary N) is 1. The summed E-state index contributed by atoms with van der Waals surface area (Å²) in [4.78, 5) is 21.5. The summed E-state index contributed by atoms with van der Waals surface area (Å²) in [6.07, 6.45) is 0. The van der Waals surface area contributed by atoms with Crippen molar-refractivity contribution >= 4 is 23.5 Å². The summed E-state index contributed by atoms with van der Waals surface area (Å²) < 4.78 is 12.9. The first kappa shape index (κ1) is 11.3. The van der Waals surface area contributed by atoms with E-state index in [9.17, 15) is 14.0 Å². The standard InChI is InChI=1S/C8H7ClFN3O2/c9-5-2-1-4(3-6(5)10)7(14)12-13-8(11)15/h1-3H,(H,12,14)(H3,11,13,15). The van der Waals surface area contributed by atoms with E-state index in [1.54, 1.807) is 0 Å². The molecule has 1 aromatic rings. The molecule has 5 nitrogen and oxygen atoms in total. The van der Waals surface area contributed by atoms with Gasteiger partial charge in [-0.2, -0.15) is 0 Å². The highest BCUT2D eigenvalue weighted by atomic mass is 35.5. The minimum absolute atomic E-state index is 0.0191. The normalized spacial score (nSPS) is 9.47. The topological polar surface area (TPSA) is 84.2 Å². The Morgan fingerprint density at radius 1 is 1.33 bits per heavy atom. The molecular formula is C8H7ClFN3O2. The zero-order valence-corrected chi connectivity index (χ0v) is 8.14. The lowest BCUT2D eigenvalue weighted by Gasteiger charge is -2.04. The lowest BCUT2D eigenvalue weighted by molar-refractivity contribution is 0.0937. The number of hydrogen-bond donors (Lipinski definition) is 3. The molecule has 0 fully saturated rings. The second-order valence-electron chi connectivity index (χ2n) is 2.57. The average molecular weight is 232 g/mol. The lowest BCUT2D eigenvalue weighted by Crippen LogP contribution is -2.44. The summed E-state index contributed by atoms with van der Waals surface area (Å²) in [5.41, 5.74) is 8.57. The molecular weight excluding hydrogens is 225 g/mol. The SMILES string of the molecule is NC(=O)NNC(=O)c1ccc(Cl)c(F)c1. The van der Waals surface area contributed by atoms with Crippen molar-refractivity contribution in [1.29, 1.82) is 0 Å². The van der Waals surface area contributed by atoms with Crippen LogP contribution >= 0.6 is 11.6 Å². The number of urea groups is 1. The molecule has 1 rings (SSSR count). The molecule has 15 heavy (non-hydrogen) atoms. The van der Waals surface area contributed by atoms with Gasteiger partial charge in [-0.05, 0) is 18.2 Å². The Morgan fingerprint density at radius 3 is 2.53 bits per heavy atom. The fraction of sp³-hybridized carbons (Fsp3) is 0. The highest BCUT2D eigenvalue weighted by Crippen LogP contribution is 2.15. The third-order valence-corrected chi connectivity index (χ3v) is 1.79. The van der Waals surface area contributed by atoms with Gasteiger partial charge in [-0.25, -0.2) is 14.6 Å². The highest BCUT2D eigenvalue weighted by molar-refractivity contribution is 6.30. The number of carbonyl (C=O) groups is 2. The van der Waals surface area contributed by atoms with E-state index in [1.165, 1.54) is 12.1 Å². The number of amides is 3. The Kier molecular flexibility index (Phi) is 3.46. The number of carbonyl (C=O) groups excluding carboxylic acids is 2. The maximum atomic E-state index is 12.9. The summed E-state index contributed by atoms with van der Waals surface area (Å²) in [6.45, 7) is 0. The van der Waals surface area contributed by atoms with Gasteiger partial charge in [0.15, 0.2) is 0 Å². The van der Waals surface area contributed by atoms with E-state index >= 15 is 0 Å². The van der Waals surface area contributed by atoms with Crippen LogP contribution in [0.2, 0.25) is 5.02 Å². The number of hydrazine groups is 1. The van der Waals surface area contributed by atoms with Gasteiger partial charge in [0, 0.05) is 5.56 Å². The van der Waals surface area contributed by atoms with E-state index in [4.69, 9.17) is 17.3 Å². The molecule has 0 spiro atoms. The highest BCUT2D eigenvalue weighted by Gasteiger charge is 2.08. The maximum absolute atomic E-state index is 12.9. The van der Waals surface area contributed by atoms with E-state index in [2.05, 4.69) is 0 Å². The van der Waals surface area contributed by atoms with Crippen molar-refractivity contribution in [3.8, 4) is 0 Å². The molecule has 7 heteroatoms. The van der Waals surface area contributed by atoms with Crippen LogP contribution in [0.5, 0.6) is 0 Å². The van der Waals surface area contributed by atoms with Crippen molar-refractivity contribution < 1.29 is 14.0 Å². The summed E-state index contributed by atoms with van der Waals surface area (Å²) in [5.74, 6) is -1.41. The molecule has 0 atom stereocenters. The van der Waals surface area contributed by atoms with Crippen LogP contribution in [0.25, 0.3) is 0 Å². The second kappa shape index (κ2) is 4.61. The fourth-order valence-electron chi connectivity index (χ4n) is 0.828. The van der Waals surface area contributed by atoms with E-state index in [0.717, 1.165) is 6.07 Å². The third-order valence-electron chi connectivity index (χ3n) is 1.48. The first-order valence-electron chi connectivity index (χ1n) is 3.81. The predicted molar refractivity (Wildman–Crippen MR) is 51.6 cm³/mol. The first-order valence-corrected chi connectivity index (χ1v) is 4.19. The number of nitrogens with one attached hydrogen (secondary N) is 2. The van der Waals surface area contributed by atoms with Crippen LogP contribution in [0.4, 0.5) is 9.18 Å². The molecule has 0 aliphatic rings. The molecule has 0 bridgehead atoms. The fourth-order valence-corrected chi connectivity index (χ4v) is 0.945. The molecule has 3 amide bonds. The van der Waals surface area contributed by atoms with Crippen LogP contribution in [-0.4, -0.2) is 11.9 Å². The number of halogens is 2. The second-order valence-corrected chi connectivity index (χ2v) is 2.98. The van der Waals surface area contributed by atoms with Crippen molar-refractivity contribution in [2.75, 3.05) is 0 Å². The summed E-state index contributed by atoms with van der Waals surface area (Å²) in [7, 11) is 0. The summed E-state index contributed by atoms with van der Waals surface area (Å²) in [5, 5.41) is -0.0885. The maximum Gasteiger partial charge on any atom is 0.330 e. The van der Waals surface area contributed by atoms with Crippen molar-refractivity contribution in [2.24, 2.45) is 5.73 Å². The van der Waals surface area contributed by atoms with Gasteiger partial charge in [-0.3, -0.25) is 10.2 Å².